The van der Waals surface area contributed by atoms with Crippen LogP contribution >= 0.6 is 0 Å². The van der Waals surface area contributed by atoms with Gasteiger partial charge in [0, 0.05) is 14.7 Å². The number of benzene rings is 3. The molecule has 40 heavy (non-hydrogen) atoms. The molecule has 3 aromatic rings. The molecule has 1 N–H and O–H groups in total. The molecule has 1 aliphatic rings. The molecule has 0 spiro atoms. The third-order valence-corrected chi connectivity index (χ3v) is 8.70. The highest BCUT2D eigenvalue weighted by Crippen LogP contribution is 2.33. The van der Waals surface area contributed by atoms with E-state index in [9.17, 15) is 5.11 Å². The van der Waals surface area contributed by atoms with Crippen molar-refractivity contribution in [1.29, 1.82) is 0 Å². The summed E-state index contributed by atoms with van der Waals surface area (Å²) in [5.41, 5.74) is 3.12. The largest absolute Gasteiger partial charge is 0.391 e. The first-order chi connectivity index (χ1) is 19.3. The first kappa shape index (κ1) is 30.6. The maximum absolute atomic E-state index is 10.9. The van der Waals surface area contributed by atoms with Crippen LogP contribution in [0.25, 0.3) is 0 Å². The molecule has 0 amide bonds. The monoisotopic (exact) mass is 564 g/mol. The van der Waals surface area contributed by atoms with E-state index >= 15 is 0 Å². The molecule has 7 heteroatoms. The molecule has 0 aliphatic carbocycles. The third kappa shape index (κ3) is 9.35. The Morgan fingerprint density at radius 2 is 1.07 bits per heavy atom. The Balaban J connectivity index is 1.62. The molecule has 1 heterocycles. The van der Waals surface area contributed by atoms with Crippen LogP contribution in [0.15, 0.2) is 91.0 Å². The number of aliphatic hydroxyl groups is 1. The number of hydrogen-bond donors (Lipinski definition) is 1. The lowest BCUT2D eigenvalue weighted by atomic mass is 9.94. The summed E-state index contributed by atoms with van der Waals surface area (Å²) in [6, 6.07) is 31.1. The third-order valence-electron chi connectivity index (χ3n) is 7.00. The van der Waals surface area contributed by atoms with E-state index in [0.717, 1.165) is 22.7 Å². The van der Waals surface area contributed by atoms with Crippen molar-refractivity contribution in [3.8, 4) is 0 Å². The highest BCUT2D eigenvalue weighted by molar-refractivity contribution is 6.76. The maximum atomic E-state index is 10.9. The Morgan fingerprint density at radius 1 is 0.650 bits per heavy atom. The molecule has 1 saturated heterocycles. The molecule has 4 rings (SSSR count). The van der Waals surface area contributed by atoms with Gasteiger partial charge < -0.3 is 28.8 Å². The van der Waals surface area contributed by atoms with Crippen molar-refractivity contribution in [3.63, 3.8) is 0 Å². The minimum atomic E-state index is -1.34. The van der Waals surface area contributed by atoms with Gasteiger partial charge in [0.25, 0.3) is 0 Å². The predicted molar refractivity (Wildman–Crippen MR) is 160 cm³/mol. The lowest BCUT2D eigenvalue weighted by Gasteiger charge is -2.47. The number of rotatable bonds is 14. The number of hydrogen-bond acceptors (Lipinski definition) is 6. The van der Waals surface area contributed by atoms with E-state index in [-0.39, 0.29) is 0 Å². The average molecular weight is 565 g/mol. The predicted octanol–water partition coefficient (Wildman–Crippen LogP) is 6.20. The van der Waals surface area contributed by atoms with Crippen molar-refractivity contribution in [2.24, 2.45) is 0 Å². The summed E-state index contributed by atoms with van der Waals surface area (Å²) < 4.78 is 32.5. The zero-order valence-corrected chi connectivity index (χ0v) is 25.1. The van der Waals surface area contributed by atoms with Crippen molar-refractivity contribution in [2.75, 3.05) is 6.61 Å². The van der Waals surface area contributed by atoms with E-state index in [1.54, 1.807) is 6.92 Å². The van der Waals surface area contributed by atoms with Crippen LogP contribution in [-0.4, -0.2) is 56.6 Å². The minimum absolute atomic E-state index is 0.357. The van der Waals surface area contributed by atoms with Crippen LogP contribution in [0.3, 0.4) is 0 Å². The first-order valence-electron chi connectivity index (χ1n) is 14.2. The van der Waals surface area contributed by atoms with Gasteiger partial charge >= 0.3 is 0 Å². The molecule has 216 valence electrons. The lowest BCUT2D eigenvalue weighted by Crippen LogP contribution is -2.63. The second kappa shape index (κ2) is 15.0. The molecule has 6 nitrogen and oxygen atoms in total. The standard InChI is InChI=1S/C33H44O6Si/c1-25(34)29-30(36-22-26-14-8-5-9-15-26)31(37-23-27-16-10-6-11-17-27)32(38-24-28-18-12-7-13-19-28)33(39-29)35-20-21-40(2,3)4/h5-19,25,29-34H,20-24H2,1-4H3/t25-,29-,30+,31+,32-,33+/m1/s1. The molecule has 3 aromatic carbocycles. The zero-order chi connectivity index (χ0) is 28.4. The molecule has 0 aromatic heterocycles. The average Bonchev–Trinajstić information content (AvgIpc) is 2.95. The van der Waals surface area contributed by atoms with Crippen LogP contribution in [0.1, 0.15) is 23.6 Å². The van der Waals surface area contributed by atoms with Crippen molar-refractivity contribution >= 4 is 8.07 Å². The Labute approximate surface area is 240 Å². The Kier molecular flexibility index (Phi) is 11.5. The lowest BCUT2D eigenvalue weighted by molar-refractivity contribution is -0.332. The van der Waals surface area contributed by atoms with E-state index in [1.807, 2.05) is 91.0 Å². The van der Waals surface area contributed by atoms with E-state index in [1.165, 1.54) is 0 Å². The summed E-state index contributed by atoms with van der Waals surface area (Å²) in [5, 5.41) is 10.9. The van der Waals surface area contributed by atoms with Gasteiger partial charge in [-0.25, -0.2) is 0 Å². The molecule has 6 atom stereocenters. The highest BCUT2D eigenvalue weighted by Gasteiger charge is 2.50. The quantitative estimate of drug-likeness (QED) is 0.235. The van der Waals surface area contributed by atoms with Gasteiger partial charge in [-0.15, -0.1) is 0 Å². The summed E-state index contributed by atoms with van der Waals surface area (Å²) >= 11 is 0. The van der Waals surface area contributed by atoms with Crippen LogP contribution in [-0.2, 0) is 43.5 Å². The van der Waals surface area contributed by atoms with Crippen LogP contribution in [0, 0.1) is 0 Å². The Bertz CT molecular complexity index is 1110. The van der Waals surface area contributed by atoms with Gasteiger partial charge in [-0.3, -0.25) is 0 Å². The highest BCUT2D eigenvalue weighted by atomic mass is 28.3. The molecule has 0 unspecified atom stereocenters. The van der Waals surface area contributed by atoms with Crippen molar-refractivity contribution in [2.45, 2.75) is 89.2 Å². The van der Waals surface area contributed by atoms with Gasteiger partial charge in [0.1, 0.15) is 24.4 Å². The Morgan fingerprint density at radius 3 is 1.50 bits per heavy atom. The van der Waals surface area contributed by atoms with Crippen molar-refractivity contribution in [3.05, 3.63) is 108 Å². The summed E-state index contributed by atoms with van der Waals surface area (Å²) in [6.45, 7) is 10.3. The summed E-state index contributed by atoms with van der Waals surface area (Å²) in [7, 11) is -1.34. The van der Waals surface area contributed by atoms with E-state index in [2.05, 4.69) is 19.6 Å². The summed E-state index contributed by atoms with van der Waals surface area (Å²) in [5.74, 6) is 0. The van der Waals surface area contributed by atoms with Crippen LogP contribution in [0.2, 0.25) is 25.7 Å². The molecule has 1 aliphatic heterocycles. The van der Waals surface area contributed by atoms with Crippen molar-refractivity contribution in [1.82, 2.24) is 0 Å². The molecule has 0 radical (unpaired) electrons. The smallest absolute Gasteiger partial charge is 0.186 e. The fourth-order valence-corrected chi connectivity index (χ4v) is 5.43. The topological polar surface area (TPSA) is 66.4 Å². The maximum Gasteiger partial charge on any atom is 0.186 e. The van der Waals surface area contributed by atoms with E-state index in [4.69, 9.17) is 23.7 Å². The summed E-state index contributed by atoms with van der Waals surface area (Å²) in [4.78, 5) is 0. The second-order valence-electron chi connectivity index (χ2n) is 11.7. The van der Waals surface area contributed by atoms with E-state index < -0.39 is 44.9 Å². The molecular formula is C33H44O6Si. The zero-order valence-electron chi connectivity index (χ0n) is 24.1. The molecule has 0 bridgehead atoms. The van der Waals surface area contributed by atoms with Gasteiger partial charge in [0.2, 0.25) is 0 Å². The van der Waals surface area contributed by atoms with Gasteiger partial charge in [-0.1, -0.05) is 111 Å². The molecule has 1 fully saturated rings. The molecular weight excluding hydrogens is 520 g/mol. The Hall–Kier alpha value is -2.36. The van der Waals surface area contributed by atoms with Gasteiger partial charge in [0.15, 0.2) is 6.29 Å². The van der Waals surface area contributed by atoms with Gasteiger partial charge in [-0.05, 0) is 29.7 Å². The first-order valence-corrected chi connectivity index (χ1v) is 17.9. The fraction of sp³-hybridized carbons (Fsp3) is 0.455. The van der Waals surface area contributed by atoms with Crippen LogP contribution < -0.4 is 0 Å². The van der Waals surface area contributed by atoms with Crippen LogP contribution in [0.5, 0.6) is 0 Å². The SMILES string of the molecule is C[C@@H](O)[C@H]1O[C@H](OCC[Si](C)(C)C)[C@H](OCc2ccccc2)[C@@H](OCc2ccccc2)[C@H]1OCc1ccccc1. The minimum Gasteiger partial charge on any atom is -0.391 e. The normalized spacial score (nSPS) is 24.1. The van der Waals surface area contributed by atoms with Gasteiger partial charge in [-0.2, -0.15) is 0 Å². The fourth-order valence-electron chi connectivity index (χ4n) is 4.69. The summed E-state index contributed by atoms with van der Waals surface area (Å²) in [6.07, 6.45) is -3.86. The van der Waals surface area contributed by atoms with Crippen molar-refractivity contribution < 1.29 is 28.8 Å². The van der Waals surface area contributed by atoms with Gasteiger partial charge in [0.05, 0.1) is 25.9 Å². The number of aliphatic hydroxyl groups excluding tert-OH is 1. The molecule has 0 saturated carbocycles. The number of ether oxygens (including phenoxy) is 5. The van der Waals surface area contributed by atoms with E-state index in [0.29, 0.717) is 26.4 Å². The van der Waals surface area contributed by atoms with Crippen LogP contribution in [0.4, 0.5) is 0 Å². The second-order valence-corrected chi connectivity index (χ2v) is 17.3.